The molecule has 0 spiro atoms. The summed E-state index contributed by atoms with van der Waals surface area (Å²) in [5.41, 5.74) is 7.89. The first-order chi connectivity index (χ1) is 40.4. The standard InChI is InChI=1S/C35H32FN5O3.C30H21FN4O4/c1-2-3-4-19-39-34(42)33-18-17-32(44-33)27-11-15-30(16-12-27)41(35(43)28-9-13-29(36)14-10-28)23-31-21-38-24-40(31)22-26-7-5-25(20-37)6-8-26;31-24-9-5-23(6-10-24)29(36)35(25-11-7-22(8-12-25)27-13-14-28(39-27)30(37)38)18-26-16-33-19-34(26)17-21-3-1-20(15-32)2-4-21/h5-18,21,24H,2-4,19,22-23H2,1H3,(H,39,42);1-14,16,19H,17-18H2,(H,37,38). The topological polar surface area (TPSA) is 217 Å². The van der Waals surface area contributed by atoms with E-state index in [0.717, 1.165) is 47.3 Å². The highest BCUT2D eigenvalue weighted by atomic mass is 19.1. The van der Waals surface area contributed by atoms with Crippen molar-refractivity contribution < 1.29 is 41.9 Å². The maximum atomic E-state index is 13.8. The minimum atomic E-state index is -1.16. The van der Waals surface area contributed by atoms with Crippen LogP contribution < -0.4 is 15.1 Å². The van der Waals surface area contributed by atoms with Crippen molar-refractivity contribution >= 4 is 35.1 Å². The van der Waals surface area contributed by atoms with E-state index in [1.54, 1.807) is 102 Å². The second kappa shape index (κ2) is 26.8. The predicted molar refractivity (Wildman–Crippen MR) is 306 cm³/mol. The van der Waals surface area contributed by atoms with Gasteiger partial charge in [-0.25, -0.2) is 23.5 Å². The van der Waals surface area contributed by atoms with E-state index < -0.39 is 17.6 Å². The van der Waals surface area contributed by atoms with Gasteiger partial charge in [-0.2, -0.15) is 10.5 Å². The number of hydrogen-bond acceptors (Lipinski definition) is 10. The van der Waals surface area contributed by atoms with Gasteiger partial charge in [0.1, 0.15) is 23.2 Å². The zero-order valence-electron chi connectivity index (χ0n) is 44.9. The summed E-state index contributed by atoms with van der Waals surface area (Å²) in [5.74, 6) is -1.93. The van der Waals surface area contributed by atoms with E-state index in [-0.39, 0.29) is 42.3 Å². The molecule has 83 heavy (non-hydrogen) atoms. The fourth-order valence-corrected chi connectivity index (χ4v) is 8.89. The van der Waals surface area contributed by atoms with E-state index in [0.29, 0.717) is 70.3 Å². The SMILES string of the molecule is CCCCCNC(=O)c1ccc(-c2ccc(N(Cc3cncn3Cc3ccc(C#N)cc3)C(=O)c3ccc(F)cc3)cc2)o1.N#Cc1ccc(Cn2cncc2CN(C(=O)c2ccc(F)cc2)c2ccc(-c3ccc(C(=O)O)o3)cc2)cc1. The highest BCUT2D eigenvalue weighted by Crippen LogP contribution is 2.30. The number of hydrogen-bond donors (Lipinski definition) is 2. The quantitative estimate of drug-likeness (QED) is 0.0684. The Bertz CT molecular complexity index is 3930. The number of carbonyl (C=O) groups excluding carboxylic acids is 3. The van der Waals surface area contributed by atoms with Gasteiger partial charge in [-0.1, -0.05) is 44.0 Å². The Balaban J connectivity index is 0.000000201. The number of halogens is 2. The van der Waals surface area contributed by atoms with Crippen molar-refractivity contribution in [1.29, 1.82) is 10.5 Å². The van der Waals surface area contributed by atoms with Gasteiger partial charge >= 0.3 is 5.97 Å². The van der Waals surface area contributed by atoms with Gasteiger partial charge in [0.2, 0.25) is 5.76 Å². The number of nitrogens with one attached hydrogen (secondary N) is 1. The number of nitriles is 2. The molecule has 2 N–H and O–H groups in total. The summed E-state index contributed by atoms with van der Waals surface area (Å²) in [6.07, 6.45) is 9.81. The first-order valence-corrected chi connectivity index (χ1v) is 26.4. The van der Waals surface area contributed by atoms with Gasteiger partial charge in [0.05, 0.1) is 60.4 Å². The molecule has 4 aromatic heterocycles. The van der Waals surface area contributed by atoms with Crippen LogP contribution in [-0.4, -0.2) is 54.4 Å². The van der Waals surface area contributed by atoms with Crippen molar-refractivity contribution in [1.82, 2.24) is 24.4 Å². The summed E-state index contributed by atoms with van der Waals surface area (Å²) in [7, 11) is 0. The number of carboxylic acids is 1. The molecular formula is C65H53F2N9O7. The molecule has 0 saturated heterocycles. The zero-order chi connectivity index (χ0) is 58.2. The molecule has 0 bridgehead atoms. The monoisotopic (exact) mass is 1110 g/mol. The molecule has 10 rings (SSSR count). The molecule has 16 nitrogen and oxygen atoms in total. The number of rotatable bonds is 20. The fraction of sp³-hybridized carbons (Fsp3) is 0.138. The maximum absolute atomic E-state index is 13.8. The average Bonchev–Trinajstić information content (AvgIpc) is 4.43. The summed E-state index contributed by atoms with van der Waals surface area (Å²) in [4.78, 5) is 62.8. The number of nitrogens with zero attached hydrogens (tertiary/aromatic N) is 8. The van der Waals surface area contributed by atoms with Crippen LogP contribution >= 0.6 is 0 Å². The molecule has 0 saturated carbocycles. The Labute approximate surface area is 476 Å². The molecule has 18 heteroatoms. The van der Waals surface area contributed by atoms with Crippen molar-refractivity contribution in [2.45, 2.75) is 52.4 Å². The van der Waals surface area contributed by atoms with Gasteiger partial charge in [0.15, 0.2) is 5.76 Å². The number of carboxylic acid groups (broad SMARTS) is 1. The lowest BCUT2D eigenvalue weighted by Gasteiger charge is -2.24. The molecule has 414 valence electrons. The number of imidazole rings is 2. The molecule has 0 aliphatic rings. The Kier molecular flexibility index (Phi) is 18.3. The van der Waals surface area contributed by atoms with Crippen LogP contribution in [0.2, 0.25) is 0 Å². The number of carbonyl (C=O) groups is 4. The summed E-state index contributed by atoms with van der Waals surface area (Å²) < 4.78 is 42.3. The molecule has 0 atom stereocenters. The van der Waals surface area contributed by atoms with Crippen LogP contribution in [0.5, 0.6) is 0 Å². The molecule has 0 radical (unpaired) electrons. The minimum Gasteiger partial charge on any atom is -0.475 e. The third-order valence-electron chi connectivity index (χ3n) is 13.4. The van der Waals surface area contributed by atoms with Gasteiger partial charge in [-0.15, -0.1) is 0 Å². The second-order valence-electron chi connectivity index (χ2n) is 19.1. The number of benzene rings is 6. The highest BCUT2D eigenvalue weighted by molar-refractivity contribution is 6.07. The Morgan fingerprint density at radius 1 is 0.554 bits per heavy atom. The van der Waals surface area contributed by atoms with Gasteiger partial charge in [0.25, 0.3) is 17.7 Å². The van der Waals surface area contributed by atoms with Gasteiger partial charge in [0, 0.05) is 65.7 Å². The summed E-state index contributed by atoms with van der Waals surface area (Å²) in [6, 6.07) is 50.1. The van der Waals surface area contributed by atoms with Crippen LogP contribution in [0.3, 0.4) is 0 Å². The molecule has 0 fully saturated rings. The summed E-state index contributed by atoms with van der Waals surface area (Å²) >= 11 is 0. The molecule has 3 amide bonds. The molecule has 6 aromatic carbocycles. The first-order valence-electron chi connectivity index (χ1n) is 26.4. The fourth-order valence-electron chi connectivity index (χ4n) is 8.89. The molecular weight excluding hydrogens is 1060 g/mol. The van der Waals surface area contributed by atoms with Crippen molar-refractivity contribution in [3.8, 4) is 34.8 Å². The van der Waals surface area contributed by atoms with Gasteiger partial charge in [-0.3, -0.25) is 14.4 Å². The average molecular weight is 1110 g/mol. The third kappa shape index (κ3) is 14.4. The Hall–Kier alpha value is -11.0. The lowest BCUT2D eigenvalue weighted by molar-refractivity contribution is 0.0662. The van der Waals surface area contributed by atoms with Crippen LogP contribution in [0, 0.1) is 34.3 Å². The third-order valence-corrected chi connectivity index (χ3v) is 13.4. The van der Waals surface area contributed by atoms with Crippen LogP contribution in [0.1, 0.15) is 102 Å². The van der Waals surface area contributed by atoms with E-state index in [1.807, 2.05) is 57.7 Å². The van der Waals surface area contributed by atoms with Gasteiger partial charge < -0.3 is 38.2 Å². The van der Waals surface area contributed by atoms with E-state index in [2.05, 4.69) is 34.3 Å². The lowest BCUT2D eigenvalue weighted by atomic mass is 10.1. The predicted octanol–water partition coefficient (Wildman–Crippen LogP) is 12.7. The van der Waals surface area contributed by atoms with Crippen molar-refractivity contribution in [2.75, 3.05) is 16.3 Å². The number of aromatic nitrogens is 4. The molecule has 0 aliphatic heterocycles. The van der Waals surface area contributed by atoms with Crippen LogP contribution in [0.15, 0.2) is 204 Å². The minimum absolute atomic E-state index is 0.169. The Morgan fingerprint density at radius 3 is 1.37 bits per heavy atom. The number of furan rings is 2. The van der Waals surface area contributed by atoms with E-state index >= 15 is 0 Å². The van der Waals surface area contributed by atoms with E-state index in [1.165, 1.54) is 54.6 Å². The summed E-state index contributed by atoms with van der Waals surface area (Å²) in [5, 5.41) is 30.2. The number of aromatic carboxylic acids is 1. The number of anilines is 2. The zero-order valence-corrected chi connectivity index (χ0v) is 44.9. The number of amides is 3. The van der Waals surface area contributed by atoms with Crippen LogP contribution in [0.4, 0.5) is 20.2 Å². The second-order valence-corrected chi connectivity index (χ2v) is 19.1. The first kappa shape index (κ1) is 56.7. The molecule has 0 aliphatic carbocycles. The highest BCUT2D eigenvalue weighted by Gasteiger charge is 2.23. The largest absolute Gasteiger partial charge is 0.475 e. The van der Waals surface area contributed by atoms with Crippen LogP contribution in [-0.2, 0) is 26.2 Å². The van der Waals surface area contributed by atoms with Gasteiger partial charge in [-0.05, 0) is 163 Å². The van der Waals surface area contributed by atoms with Crippen molar-refractivity contribution in [2.24, 2.45) is 0 Å². The van der Waals surface area contributed by atoms with E-state index in [4.69, 9.17) is 24.5 Å². The van der Waals surface area contributed by atoms with Crippen molar-refractivity contribution in [3.05, 3.63) is 263 Å². The van der Waals surface area contributed by atoms with E-state index in [9.17, 15) is 28.0 Å². The molecule has 4 heterocycles. The normalized spacial score (nSPS) is 10.7. The van der Waals surface area contributed by atoms with Crippen LogP contribution in [0.25, 0.3) is 22.6 Å². The van der Waals surface area contributed by atoms with Crippen molar-refractivity contribution in [3.63, 3.8) is 0 Å². The summed E-state index contributed by atoms with van der Waals surface area (Å²) in [6.45, 7) is 4.08. The lowest BCUT2D eigenvalue weighted by Crippen LogP contribution is -2.31. The Morgan fingerprint density at radius 2 is 0.976 bits per heavy atom. The smallest absolute Gasteiger partial charge is 0.371 e. The number of unbranched alkanes of at least 4 members (excludes halogenated alkanes) is 2. The maximum Gasteiger partial charge on any atom is 0.371 e. The molecule has 0 unspecified atom stereocenters. The molecule has 10 aromatic rings.